The van der Waals surface area contributed by atoms with Crippen molar-refractivity contribution in [3.8, 4) is 5.75 Å². The topological polar surface area (TPSA) is 107 Å². The van der Waals surface area contributed by atoms with Crippen molar-refractivity contribution in [1.82, 2.24) is 5.43 Å². The second kappa shape index (κ2) is 6.93. The largest absolute Gasteiger partial charge is 0.493 e. The Morgan fingerprint density at radius 1 is 1.29 bits per heavy atom. The number of hydrogen-bond acceptors (Lipinski definition) is 4. The molecule has 116 valence electrons. The predicted molar refractivity (Wildman–Crippen MR) is 67.0 cm³/mol. The normalized spacial score (nSPS) is 11.0. The number of hydrazine groups is 1. The Labute approximate surface area is 118 Å². The second-order valence-corrected chi connectivity index (χ2v) is 4.09. The van der Waals surface area contributed by atoms with Crippen molar-refractivity contribution in [1.29, 1.82) is 0 Å². The number of alkyl halides is 3. The number of benzene rings is 1. The minimum absolute atomic E-state index is 0.0250. The van der Waals surface area contributed by atoms with Crippen molar-refractivity contribution in [3.05, 3.63) is 29.3 Å². The van der Waals surface area contributed by atoms with Gasteiger partial charge in [-0.1, -0.05) is 0 Å². The number of carbonyl (C=O) groups excluding carboxylic acids is 2. The van der Waals surface area contributed by atoms with E-state index in [-0.39, 0.29) is 25.0 Å². The van der Waals surface area contributed by atoms with Gasteiger partial charge in [-0.25, -0.2) is 5.84 Å². The maximum absolute atomic E-state index is 12.9. The van der Waals surface area contributed by atoms with Crippen molar-refractivity contribution in [2.75, 3.05) is 6.61 Å². The van der Waals surface area contributed by atoms with Gasteiger partial charge in [0.05, 0.1) is 12.2 Å². The molecule has 0 atom stereocenters. The van der Waals surface area contributed by atoms with Crippen LogP contribution >= 0.6 is 0 Å². The highest BCUT2D eigenvalue weighted by Crippen LogP contribution is 2.36. The summed E-state index contributed by atoms with van der Waals surface area (Å²) >= 11 is 0. The average Bonchev–Trinajstić information content (AvgIpc) is 2.42. The second-order valence-electron chi connectivity index (χ2n) is 4.09. The van der Waals surface area contributed by atoms with E-state index in [1.165, 1.54) is 0 Å². The summed E-state index contributed by atoms with van der Waals surface area (Å²) in [6, 6.07) is 2.79. The Morgan fingerprint density at radius 2 is 1.95 bits per heavy atom. The molecule has 9 heteroatoms. The molecular weight excluding hydrogens is 291 g/mol. The molecule has 1 aromatic rings. The Hall–Kier alpha value is -2.29. The van der Waals surface area contributed by atoms with Gasteiger partial charge in [-0.05, 0) is 24.6 Å². The molecule has 0 aromatic heterocycles. The fourth-order valence-electron chi connectivity index (χ4n) is 1.52. The Bertz CT molecular complexity index is 532. The molecule has 0 heterocycles. The van der Waals surface area contributed by atoms with E-state index in [4.69, 9.17) is 16.3 Å². The van der Waals surface area contributed by atoms with Crippen LogP contribution in [-0.2, 0) is 11.0 Å². The summed E-state index contributed by atoms with van der Waals surface area (Å²) in [7, 11) is 0. The van der Waals surface area contributed by atoms with Crippen LogP contribution in [0, 0.1) is 0 Å². The van der Waals surface area contributed by atoms with Crippen molar-refractivity contribution < 1.29 is 27.5 Å². The van der Waals surface area contributed by atoms with Gasteiger partial charge in [0, 0.05) is 12.0 Å². The molecule has 0 aliphatic carbocycles. The number of nitrogens with two attached hydrogens (primary N) is 2. The number of carbonyl (C=O) groups is 2. The fraction of sp³-hybridized carbons (Fsp3) is 0.333. The van der Waals surface area contributed by atoms with Crippen LogP contribution < -0.4 is 21.7 Å². The van der Waals surface area contributed by atoms with Gasteiger partial charge in [-0.15, -0.1) is 0 Å². The Morgan fingerprint density at radius 3 is 2.48 bits per heavy atom. The zero-order valence-corrected chi connectivity index (χ0v) is 10.9. The third kappa shape index (κ3) is 4.95. The highest BCUT2D eigenvalue weighted by Gasteiger charge is 2.35. The molecule has 0 bridgehead atoms. The van der Waals surface area contributed by atoms with Crippen molar-refractivity contribution >= 4 is 11.8 Å². The number of nitrogens with one attached hydrogen (secondary N) is 1. The number of rotatable bonds is 6. The summed E-state index contributed by atoms with van der Waals surface area (Å²) in [5.74, 6) is 3.02. The standard InChI is InChI=1S/C12H14F3N3O3/c13-12(14,15)8-6-7(11(16)20)3-4-9(8)21-5-1-2-10(19)18-17/h3-4,6H,1-2,5,17H2,(H2,16,20)(H,18,19). The lowest BCUT2D eigenvalue weighted by atomic mass is 10.1. The fourth-order valence-corrected chi connectivity index (χ4v) is 1.52. The Kier molecular flexibility index (Phi) is 5.53. The summed E-state index contributed by atoms with van der Waals surface area (Å²) < 4.78 is 43.6. The molecule has 2 amide bonds. The van der Waals surface area contributed by atoms with E-state index >= 15 is 0 Å². The summed E-state index contributed by atoms with van der Waals surface area (Å²) in [5, 5.41) is 0. The molecule has 0 unspecified atom stereocenters. The maximum atomic E-state index is 12.9. The third-order valence-electron chi connectivity index (χ3n) is 2.54. The highest BCUT2D eigenvalue weighted by atomic mass is 19.4. The molecule has 21 heavy (non-hydrogen) atoms. The van der Waals surface area contributed by atoms with Gasteiger partial charge in [0.1, 0.15) is 5.75 Å². The van der Waals surface area contributed by atoms with Crippen molar-refractivity contribution in [2.24, 2.45) is 11.6 Å². The molecule has 1 rings (SSSR count). The first-order chi connectivity index (χ1) is 9.75. The van der Waals surface area contributed by atoms with Gasteiger partial charge in [-0.3, -0.25) is 15.0 Å². The number of amides is 2. The molecule has 5 N–H and O–H groups in total. The van der Waals surface area contributed by atoms with Crippen LogP contribution in [0.15, 0.2) is 18.2 Å². The minimum Gasteiger partial charge on any atom is -0.493 e. The van der Waals surface area contributed by atoms with Gasteiger partial charge in [-0.2, -0.15) is 13.2 Å². The molecule has 0 aliphatic heterocycles. The first-order valence-electron chi connectivity index (χ1n) is 5.89. The molecule has 1 aromatic carbocycles. The van der Waals surface area contributed by atoms with Crippen molar-refractivity contribution in [3.63, 3.8) is 0 Å². The summed E-state index contributed by atoms with van der Waals surface area (Å²) in [5.41, 5.74) is 5.47. The van der Waals surface area contributed by atoms with E-state index in [0.717, 1.165) is 12.1 Å². The number of hydrogen-bond donors (Lipinski definition) is 3. The smallest absolute Gasteiger partial charge is 0.419 e. The number of ether oxygens (including phenoxy) is 1. The molecule has 0 aliphatic rings. The predicted octanol–water partition coefficient (Wildman–Crippen LogP) is 0.953. The molecule has 0 saturated heterocycles. The van der Waals surface area contributed by atoms with Gasteiger partial charge < -0.3 is 10.5 Å². The van der Waals surface area contributed by atoms with Crippen LogP contribution in [0.1, 0.15) is 28.8 Å². The number of primary amides is 1. The zero-order chi connectivity index (χ0) is 16.0. The van der Waals surface area contributed by atoms with E-state index in [1.54, 1.807) is 0 Å². The molecule has 0 spiro atoms. The summed E-state index contributed by atoms with van der Waals surface area (Å²) in [6.07, 6.45) is -4.47. The molecule has 0 saturated carbocycles. The molecule has 0 fully saturated rings. The van der Waals surface area contributed by atoms with Crippen LogP contribution in [0.3, 0.4) is 0 Å². The van der Waals surface area contributed by atoms with Gasteiger partial charge in [0.15, 0.2) is 0 Å². The highest BCUT2D eigenvalue weighted by molar-refractivity contribution is 5.93. The molecule has 0 radical (unpaired) electrons. The lowest BCUT2D eigenvalue weighted by Crippen LogP contribution is -2.30. The van der Waals surface area contributed by atoms with Crippen LogP contribution in [0.4, 0.5) is 13.2 Å². The van der Waals surface area contributed by atoms with Crippen LogP contribution in [0.5, 0.6) is 5.75 Å². The van der Waals surface area contributed by atoms with E-state index in [2.05, 4.69) is 0 Å². The van der Waals surface area contributed by atoms with Gasteiger partial charge >= 0.3 is 6.18 Å². The molecular formula is C12H14F3N3O3. The van der Waals surface area contributed by atoms with Crippen molar-refractivity contribution in [2.45, 2.75) is 19.0 Å². The quantitative estimate of drug-likeness (QED) is 0.315. The van der Waals surface area contributed by atoms with E-state index in [9.17, 15) is 22.8 Å². The Balaban J connectivity index is 2.82. The van der Waals surface area contributed by atoms with Crippen LogP contribution in [-0.4, -0.2) is 18.4 Å². The maximum Gasteiger partial charge on any atom is 0.419 e. The monoisotopic (exact) mass is 305 g/mol. The van der Waals surface area contributed by atoms with E-state index in [1.807, 2.05) is 5.43 Å². The van der Waals surface area contributed by atoms with E-state index < -0.39 is 29.3 Å². The SMILES string of the molecule is NNC(=O)CCCOc1ccc(C(N)=O)cc1C(F)(F)F. The first kappa shape index (κ1) is 16.8. The van der Waals surface area contributed by atoms with Crippen LogP contribution in [0.2, 0.25) is 0 Å². The van der Waals surface area contributed by atoms with Crippen LogP contribution in [0.25, 0.3) is 0 Å². The van der Waals surface area contributed by atoms with Gasteiger partial charge in [0.25, 0.3) is 0 Å². The van der Waals surface area contributed by atoms with E-state index in [0.29, 0.717) is 6.07 Å². The summed E-state index contributed by atoms with van der Waals surface area (Å²) in [6.45, 7) is -0.105. The first-order valence-corrected chi connectivity index (χ1v) is 5.89. The number of halogens is 3. The lowest BCUT2D eigenvalue weighted by molar-refractivity contribution is -0.139. The summed E-state index contributed by atoms with van der Waals surface area (Å²) in [4.78, 5) is 21.8. The zero-order valence-electron chi connectivity index (χ0n) is 10.9. The third-order valence-corrected chi connectivity index (χ3v) is 2.54. The molecule has 6 nitrogen and oxygen atoms in total. The van der Waals surface area contributed by atoms with Gasteiger partial charge in [0.2, 0.25) is 11.8 Å². The lowest BCUT2D eigenvalue weighted by Gasteiger charge is -2.14. The average molecular weight is 305 g/mol. The minimum atomic E-state index is -4.69.